The minimum absolute atomic E-state index is 0.0264. The number of rotatable bonds is 7. The number of carboxylic acids is 1. The summed E-state index contributed by atoms with van der Waals surface area (Å²) in [7, 11) is 0. The molecule has 0 radical (unpaired) electrons. The largest absolute Gasteiger partial charge is 0.481 e. The molecule has 0 amide bonds. The lowest BCUT2D eigenvalue weighted by atomic mass is 10.1. The van der Waals surface area contributed by atoms with Crippen LogP contribution in [0.1, 0.15) is 18.2 Å². The van der Waals surface area contributed by atoms with Gasteiger partial charge in [0.2, 0.25) is 0 Å². The van der Waals surface area contributed by atoms with Crippen molar-refractivity contribution in [2.75, 3.05) is 11.1 Å². The summed E-state index contributed by atoms with van der Waals surface area (Å²) >= 11 is 2.29. The van der Waals surface area contributed by atoms with Gasteiger partial charge in [-0.25, -0.2) is 9.97 Å². The highest BCUT2D eigenvalue weighted by Crippen LogP contribution is 2.29. The van der Waals surface area contributed by atoms with Gasteiger partial charge in [-0.3, -0.25) is 4.79 Å². The lowest BCUT2D eigenvalue weighted by molar-refractivity contribution is -0.133. The zero-order valence-electron chi connectivity index (χ0n) is 14.8. The molecule has 5 nitrogen and oxygen atoms in total. The topological polar surface area (TPSA) is 75.1 Å². The number of benzene rings is 1. The molecule has 0 spiro atoms. The van der Waals surface area contributed by atoms with Crippen LogP contribution in [0.3, 0.4) is 0 Å². The van der Waals surface area contributed by atoms with Gasteiger partial charge in [-0.2, -0.15) is 4.39 Å². The zero-order chi connectivity index (χ0) is 19.4. The van der Waals surface area contributed by atoms with Crippen LogP contribution in [0.4, 0.5) is 15.9 Å². The Morgan fingerprint density at radius 1 is 1.22 bits per heavy atom. The van der Waals surface area contributed by atoms with Crippen molar-refractivity contribution in [3.63, 3.8) is 0 Å². The lowest BCUT2D eigenvalue weighted by Gasteiger charge is -2.14. The maximum Gasteiger partial charge on any atom is 0.313 e. The van der Waals surface area contributed by atoms with Gasteiger partial charge < -0.3 is 10.4 Å². The van der Waals surface area contributed by atoms with Gasteiger partial charge in [0.15, 0.2) is 11.0 Å². The van der Waals surface area contributed by atoms with Crippen molar-refractivity contribution in [3.8, 4) is 10.7 Å². The number of hydrogen-bond donors (Lipinski definition) is 2. The Balaban J connectivity index is 1.86. The summed E-state index contributed by atoms with van der Waals surface area (Å²) in [6.45, 7) is 3.96. The molecule has 0 saturated carbocycles. The fraction of sp³-hybridized carbons (Fsp3) is 0.211. The smallest absolute Gasteiger partial charge is 0.313 e. The van der Waals surface area contributed by atoms with E-state index >= 15 is 0 Å². The molecule has 2 heterocycles. The third kappa shape index (κ3) is 4.84. The number of anilines is 2. The van der Waals surface area contributed by atoms with Gasteiger partial charge >= 0.3 is 5.97 Å². The van der Waals surface area contributed by atoms with E-state index in [2.05, 4.69) is 15.3 Å². The van der Waals surface area contributed by atoms with Crippen molar-refractivity contribution >= 4 is 40.6 Å². The predicted octanol–water partition coefficient (Wildman–Crippen LogP) is 5.14. The van der Waals surface area contributed by atoms with E-state index < -0.39 is 5.97 Å². The van der Waals surface area contributed by atoms with Crippen LogP contribution in [-0.4, -0.2) is 26.8 Å². The Bertz CT molecular complexity index is 958. The summed E-state index contributed by atoms with van der Waals surface area (Å²) in [4.78, 5) is 21.3. The first-order valence-electron chi connectivity index (χ1n) is 8.31. The van der Waals surface area contributed by atoms with E-state index in [0.717, 1.165) is 39.6 Å². The van der Waals surface area contributed by atoms with Gasteiger partial charge in [0.1, 0.15) is 5.82 Å². The molecule has 27 heavy (non-hydrogen) atoms. The average molecular weight is 404 g/mol. The van der Waals surface area contributed by atoms with Gasteiger partial charge in [-0.15, -0.1) is 23.1 Å². The maximum absolute atomic E-state index is 13.4. The number of nitrogens with zero attached hydrogens (tertiary/aromatic N) is 2. The van der Waals surface area contributed by atoms with E-state index in [4.69, 9.17) is 5.11 Å². The minimum atomic E-state index is -0.844. The fourth-order valence-corrected chi connectivity index (χ4v) is 3.87. The average Bonchev–Trinajstić information content (AvgIpc) is 3.07. The van der Waals surface area contributed by atoms with Crippen molar-refractivity contribution in [2.24, 2.45) is 0 Å². The summed E-state index contributed by atoms with van der Waals surface area (Å²) in [5.41, 5.74) is 2.69. The molecule has 0 unspecified atom stereocenters. The Kier molecular flexibility index (Phi) is 6.08. The first-order chi connectivity index (χ1) is 13.0. The number of thioether (sulfide) groups is 1. The van der Waals surface area contributed by atoms with Gasteiger partial charge in [0, 0.05) is 21.8 Å². The molecule has 0 aliphatic carbocycles. The standard InChI is InChI=1S/C19H18FN3O2S2/c1-3-14-11(2)21-19(15-8-9-16(20)27-15)23-18(14)22-12-4-6-13(7-5-12)26-10-17(24)25/h4-9H,3,10H2,1-2H3,(H,24,25)(H,21,22,23). The molecule has 3 aromatic rings. The first kappa shape index (κ1) is 19.3. The normalized spacial score (nSPS) is 10.8. The molecular weight excluding hydrogens is 385 g/mol. The molecule has 8 heteroatoms. The number of nitrogens with one attached hydrogen (secondary N) is 1. The highest BCUT2D eigenvalue weighted by molar-refractivity contribution is 8.00. The van der Waals surface area contributed by atoms with Crippen LogP contribution in [0.5, 0.6) is 0 Å². The second-order valence-corrected chi connectivity index (χ2v) is 7.83. The Hall–Kier alpha value is -2.45. The summed E-state index contributed by atoms with van der Waals surface area (Å²) in [5, 5.41) is 11.8. The minimum Gasteiger partial charge on any atom is -0.481 e. The van der Waals surface area contributed by atoms with Crippen LogP contribution >= 0.6 is 23.1 Å². The Morgan fingerprint density at radius 2 is 1.96 bits per heavy atom. The summed E-state index contributed by atoms with van der Waals surface area (Å²) < 4.78 is 13.4. The molecule has 0 bridgehead atoms. The van der Waals surface area contributed by atoms with E-state index in [1.807, 2.05) is 38.1 Å². The molecule has 0 aliphatic rings. The number of thiophene rings is 1. The van der Waals surface area contributed by atoms with Crippen LogP contribution in [0.25, 0.3) is 10.7 Å². The number of aromatic nitrogens is 2. The maximum atomic E-state index is 13.4. The number of carbonyl (C=O) groups is 1. The highest BCUT2D eigenvalue weighted by Gasteiger charge is 2.14. The van der Waals surface area contributed by atoms with Crippen LogP contribution in [0, 0.1) is 12.1 Å². The van der Waals surface area contributed by atoms with E-state index in [-0.39, 0.29) is 10.9 Å². The summed E-state index contributed by atoms with van der Waals surface area (Å²) in [6.07, 6.45) is 0.764. The van der Waals surface area contributed by atoms with Crippen LogP contribution in [0.15, 0.2) is 41.3 Å². The van der Waals surface area contributed by atoms with Crippen molar-refractivity contribution in [1.82, 2.24) is 9.97 Å². The third-order valence-electron chi connectivity index (χ3n) is 3.84. The summed E-state index contributed by atoms with van der Waals surface area (Å²) in [6, 6.07) is 10.6. The molecule has 3 rings (SSSR count). The van der Waals surface area contributed by atoms with Crippen molar-refractivity contribution in [2.45, 2.75) is 25.2 Å². The third-order valence-corrected chi connectivity index (χ3v) is 5.71. The molecular formula is C19H18FN3O2S2. The number of aliphatic carboxylic acids is 1. The van der Waals surface area contributed by atoms with Gasteiger partial charge in [0.05, 0.1) is 10.6 Å². The van der Waals surface area contributed by atoms with E-state index in [0.29, 0.717) is 16.5 Å². The van der Waals surface area contributed by atoms with Gasteiger partial charge in [-0.05, 0) is 49.7 Å². The fourth-order valence-electron chi connectivity index (χ4n) is 2.58. The Morgan fingerprint density at radius 3 is 2.56 bits per heavy atom. The van der Waals surface area contributed by atoms with E-state index in [1.54, 1.807) is 6.07 Å². The SMILES string of the molecule is CCc1c(C)nc(-c2ccc(F)s2)nc1Nc1ccc(SCC(=O)O)cc1. The highest BCUT2D eigenvalue weighted by atomic mass is 32.2. The molecule has 2 aromatic heterocycles. The van der Waals surface area contributed by atoms with Crippen LogP contribution in [-0.2, 0) is 11.2 Å². The quantitative estimate of drug-likeness (QED) is 0.532. The summed E-state index contributed by atoms with van der Waals surface area (Å²) in [5.74, 6) is 0.372. The van der Waals surface area contributed by atoms with Crippen molar-refractivity contribution < 1.29 is 14.3 Å². The van der Waals surface area contributed by atoms with Gasteiger partial charge in [-0.1, -0.05) is 6.92 Å². The number of aryl methyl sites for hydroxylation is 1. The monoisotopic (exact) mass is 403 g/mol. The van der Waals surface area contributed by atoms with E-state index in [1.165, 1.54) is 17.8 Å². The molecule has 2 N–H and O–H groups in total. The zero-order valence-corrected chi connectivity index (χ0v) is 16.5. The first-order valence-corrected chi connectivity index (χ1v) is 10.1. The van der Waals surface area contributed by atoms with Crippen LogP contribution < -0.4 is 5.32 Å². The number of halogens is 1. The second kappa shape index (κ2) is 8.49. The molecule has 0 fully saturated rings. The lowest BCUT2D eigenvalue weighted by Crippen LogP contribution is -2.05. The Labute approximate surface area is 164 Å². The van der Waals surface area contributed by atoms with E-state index in [9.17, 15) is 9.18 Å². The molecule has 140 valence electrons. The predicted molar refractivity (Wildman–Crippen MR) is 108 cm³/mol. The van der Waals surface area contributed by atoms with Gasteiger partial charge in [0.25, 0.3) is 0 Å². The molecule has 0 aliphatic heterocycles. The molecule has 1 aromatic carbocycles. The van der Waals surface area contributed by atoms with Crippen molar-refractivity contribution in [1.29, 1.82) is 0 Å². The second-order valence-electron chi connectivity index (χ2n) is 5.75. The number of carboxylic acid groups (broad SMARTS) is 1. The molecule has 0 saturated heterocycles. The van der Waals surface area contributed by atoms with Crippen LogP contribution in [0.2, 0.25) is 0 Å². The molecule has 0 atom stereocenters. The van der Waals surface area contributed by atoms with Crippen molar-refractivity contribution in [3.05, 3.63) is 52.8 Å². The number of hydrogen-bond acceptors (Lipinski definition) is 6.